The summed E-state index contributed by atoms with van der Waals surface area (Å²) in [5.74, 6) is -0.815. The van der Waals surface area contributed by atoms with Crippen molar-refractivity contribution < 1.29 is 9.90 Å². The van der Waals surface area contributed by atoms with Gasteiger partial charge in [0.15, 0.2) is 0 Å². The van der Waals surface area contributed by atoms with Gasteiger partial charge >= 0.3 is 5.97 Å². The van der Waals surface area contributed by atoms with Crippen molar-refractivity contribution in [2.75, 3.05) is 33.2 Å². The number of likely N-dealkylation sites (N-methyl/N-ethyl adjacent to an activating group) is 1. The smallest absolute Gasteiger partial charge is 0.330 e. The molecular weight excluding hydrogens is 216 g/mol. The third kappa shape index (κ3) is 4.48. The van der Waals surface area contributed by atoms with E-state index in [4.69, 9.17) is 5.11 Å². The molecule has 0 amide bonds. The number of carbonyl (C=O) groups is 1. The fourth-order valence-electron chi connectivity index (χ4n) is 2.26. The minimum absolute atomic E-state index is 0.442. The molecule has 1 N–H and O–H groups in total. The molecule has 0 aromatic rings. The van der Waals surface area contributed by atoms with Crippen LogP contribution in [0.3, 0.4) is 0 Å². The number of aliphatic carboxylic acids is 1. The van der Waals surface area contributed by atoms with Gasteiger partial charge in [0.05, 0.1) is 0 Å². The van der Waals surface area contributed by atoms with E-state index in [9.17, 15) is 4.79 Å². The minimum Gasteiger partial charge on any atom is -0.478 e. The molecule has 1 fully saturated rings. The number of carboxylic acids is 1. The maximum absolute atomic E-state index is 10.7. The summed E-state index contributed by atoms with van der Waals surface area (Å²) < 4.78 is 0. The van der Waals surface area contributed by atoms with E-state index in [1.165, 1.54) is 0 Å². The maximum Gasteiger partial charge on any atom is 0.330 e. The number of rotatable bonds is 4. The lowest BCUT2D eigenvalue weighted by Gasteiger charge is -2.29. The molecule has 0 aliphatic carbocycles. The van der Waals surface area contributed by atoms with Gasteiger partial charge in [-0.25, -0.2) is 4.79 Å². The lowest BCUT2D eigenvalue weighted by molar-refractivity contribution is -0.132. The number of carboxylic acid groups (broad SMARTS) is 1. The van der Waals surface area contributed by atoms with Crippen LogP contribution in [0.25, 0.3) is 0 Å². The van der Waals surface area contributed by atoms with Gasteiger partial charge in [-0.3, -0.25) is 4.90 Å². The van der Waals surface area contributed by atoms with Crippen LogP contribution in [-0.4, -0.2) is 60.1 Å². The molecule has 0 aromatic heterocycles. The number of nitrogens with zero attached hydrogens (tertiary/aromatic N) is 2. The minimum atomic E-state index is -0.815. The highest BCUT2D eigenvalue weighted by molar-refractivity contribution is 5.85. The van der Waals surface area contributed by atoms with Gasteiger partial charge in [-0.15, -0.1) is 0 Å². The summed E-state index contributed by atoms with van der Waals surface area (Å²) in [7, 11) is 2.16. The van der Waals surface area contributed by atoms with Gasteiger partial charge in [-0.1, -0.05) is 13.0 Å². The predicted molar refractivity (Wildman–Crippen MR) is 69.2 cm³/mol. The molecule has 4 heteroatoms. The first-order valence-electron chi connectivity index (χ1n) is 6.37. The van der Waals surface area contributed by atoms with E-state index in [1.54, 1.807) is 6.92 Å². The fraction of sp³-hybridized carbons (Fsp3) is 0.769. The van der Waals surface area contributed by atoms with Crippen LogP contribution < -0.4 is 0 Å². The van der Waals surface area contributed by atoms with Crippen LogP contribution in [0.15, 0.2) is 11.6 Å². The topological polar surface area (TPSA) is 43.8 Å². The highest BCUT2D eigenvalue weighted by Crippen LogP contribution is 2.12. The molecule has 4 nitrogen and oxygen atoms in total. The normalized spacial score (nSPS) is 24.6. The Morgan fingerprint density at radius 3 is 2.76 bits per heavy atom. The molecule has 0 saturated carbocycles. The Morgan fingerprint density at radius 2 is 2.18 bits per heavy atom. The van der Waals surface area contributed by atoms with Crippen molar-refractivity contribution >= 4 is 5.97 Å². The van der Waals surface area contributed by atoms with Crippen molar-refractivity contribution in [1.82, 2.24) is 9.80 Å². The summed E-state index contributed by atoms with van der Waals surface area (Å²) in [6, 6.07) is 0.542. The van der Waals surface area contributed by atoms with Crippen molar-refractivity contribution in [3.8, 4) is 0 Å². The quantitative estimate of drug-likeness (QED) is 0.755. The Balaban J connectivity index is 2.60. The van der Waals surface area contributed by atoms with Crippen LogP contribution in [0.2, 0.25) is 0 Å². The second-order valence-electron chi connectivity index (χ2n) is 4.87. The highest BCUT2D eigenvalue weighted by atomic mass is 16.4. The van der Waals surface area contributed by atoms with Crippen molar-refractivity contribution in [3.05, 3.63) is 11.6 Å². The fourth-order valence-corrected chi connectivity index (χ4v) is 2.26. The Hall–Kier alpha value is -0.870. The largest absolute Gasteiger partial charge is 0.478 e. The van der Waals surface area contributed by atoms with Gasteiger partial charge in [0.2, 0.25) is 0 Å². The Morgan fingerprint density at radius 1 is 1.47 bits per heavy atom. The lowest BCUT2D eigenvalue weighted by atomic mass is 10.1. The summed E-state index contributed by atoms with van der Waals surface area (Å²) in [5, 5.41) is 8.84. The van der Waals surface area contributed by atoms with Crippen LogP contribution in [0.1, 0.15) is 26.7 Å². The van der Waals surface area contributed by atoms with Gasteiger partial charge in [0, 0.05) is 31.2 Å². The predicted octanol–water partition coefficient (Wildman–Crippen LogP) is 1.43. The van der Waals surface area contributed by atoms with Gasteiger partial charge in [-0.05, 0) is 33.4 Å². The SMILES string of the molecule is CCC1CN(C)CCCN1C/C=C(/C)C(=O)O. The van der Waals surface area contributed by atoms with E-state index in [2.05, 4.69) is 23.8 Å². The Kier molecular flexibility index (Phi) is 5.65. The van der Waals surface area contributed by atoms with Crippen LogP contribution in [0.5, 0.6) is 0 Å². The average Bonchev–Trinajstić information content (AvgIpc) is 2.47. The summed E-state index contributed by atoms with van der Waals surface area (Å²) in [6.45, 7) is 7.89. The second kappa shape index (κ2) is 6.77. The summed E-state index contributed by atoms with van der Waals surface area (Å²) in [5.41, 5.74) is 0.442. The van der Waals surface area contributed by atoms with E-state index >= 15 is 0 Å². The van der Waals surface area contributed by atoms with Gasteiger partial charge in [-0.2, -0.15) is 0 Å². The van der Waals surface area contributed by atoms with Crippen LogP contribution in [0, 0.1) is 0 Å². The lowest BCUT2D eigenvalue weighted by Crippen LogP contribution is -2.39. The van der Waals surface area contributed by atoms with E-state index < -0.39 is 5.97 Å². The molecule has 0 bridgehead atoms. The first-order valence-corrected chi connectivity index (χ1v) is 6.37. The average molecular weight is 240 g/mol. The Labute approximate surface area is 104 Å². The molecule has 1 heterocycles. The van der Waals surface area contributed by atoms with Crippen LogP contribution in [0.4, 0.5) is 0 Å². The summed E-state index contributed by atoms with van der Waals surface area (Å²) in [6.07, 6.45) is 4.10. The third-order valence-electron chi connectivity index (χ3n) is 3.46. The molecule has 0 radical (unpaired) electrons. The number of hydrogen-bond donors (Lipinski definition) is 1. The zero-order valence-electron chi connectivity index (χ0n) is 11.1. The van der Waals surface area contributed by atoms with E-state index in [0.717, 1.165) is 39.0 Å². The van der Waals surface area contributed by atoms with E-state index in [-0.39, 0.29) is 0 Å². The third-order valence-corrected chi connectivity index (χ3v) is 3.46. The molecule has 1 aliphatic heterocycles. The molecule has 0 spiro atoms. The van der Waals surface area contributed by atoms with Crippen molar-refractivity contribution in [1.29, 1.82) is 0 Å². The molecule has 17 heavy (non-hydrogen) atoms. The first-order chi connectivity index (χ1) is 8.04. The van der Waals surface area contributed by atoms with Crippen molar-refractivity contribution in [3.63, 3.8) is 0 Å². The van der Waals surface area contributed by atoms with Crippen LogP contribution in [-0.2, 0) is 4.79 Å². The van der Waals surface area contributed by atoms with Crippen molar-refractivity contribution in [2.24, 2.45) is 0 Å². The zero-order valence-corrected chi connectivity index (χ0v) is 11.1. The zero-order chi connectivity index (χ0) is 12.8. The van der Waals surface area contributed by atoms with E-state index in [0.29, 0.717) is 11.6 Å². The standard InChI is InChI=1S/C13H24N2O2/c1-4-12-10-14(3)7-5-8-15(12)9-6-11(2)13(16)17/h6,12H,4-5,7-10H2,1-3H3,(H,16,17)/b11-6-. The molecule has 1 atom stereocenters. The maximum atomic E-state index is 10.7. The molecule has 98 valence electrons. The number of hydrogen-bond acceptors (Lipinski definition) is 3. The van der Waals surface area contributed by atoms with Gasteiger partial charge in [0.1, 0.15) is 0 Å². The molecular formula is C13H24N2O2. The molecule has 1 aliphatic rings. The second-order valence-corrected chi connectivity index (χ2v) is 4.87. The van der Waals surface area contributed by atoms with Crippen LogP contribution >= 0.6 is 0 Å². The van der Waals surface area contributed by atoms with Crippen molar-refractivity contribution in [2.45, 2.75) is 32.7 Å². The molecule has 0 aromatic carbocycles. The molecule has 1 unspecified atom stereocenters. The first kappa shape index (κ1) is 14.2. The molecule has 1 rings (SSSR count). The Bertz CT molecular complexity index is 289. The van der Waals surface area contributed by atoms with E-state index in [1.807, 2.05) is 6.08 Å². The monoisotopic (exact) mass is 240 g/mol. The van der Waals surface area contributed by atoms with Gasteiger partial charge in [0.25, 0.3) is 0 Å². The summed E-state index contributed by atoms with van der Waals surface area (Å²) in [4.78, 5) is 15.5. The summed E-state index contributed by atoms with van der Waals surface area (Å²) >= 11 is 0. The van der Waals surface area contributed by atoms with Gasteiger partial charge < -0.3 is 10.0 Å². The molecule has 1 saturated heterocycles. The highest BCUT2D eigenvalue weighted by Gasteiger charge is 2.20.